The van der Waals surface area contributed by atoms with E-state index in [-0.39, 0.29) is 24.8 Å². The van der Waals surface area contributed by atoms with Crippen LogP contribution in [0.1, 0.15) is 17.8 Å². The summed E-state index contributed by atoms with van der Waals surface area (Å²) >= 11 is 4.94. The third-order valence-corrected chi connectivity index (χ3v) is 4.46. The van der Waals surface area contributed by atoms with E-state index in [0.29, 0.717) is 10.2 Å². The minimum absolute atomic E-state index is 0.103. The van der Waals surface area contributed by atoms with Gasteiger partial charge in [0.15, 0.2) is 0 Å². The first-order valence-electron chi connectivity index (χ1n) is 5.80. The number of anilines is 1. The minimum Gasteiger partial charge on any atom is -0.394 e. The van der Waals surface area contributed by atoms with Crippen molar-refractivity contribution in [2.75, 3.05) is 11.9 Å². The highest BCUT2D eigenvalue weighted by Gasteiger charge is 2.12. The number of nitrogens with zero attached hydrogens (tertiary/aromatic N) is 2. The Bertz CT molecular complexity index is 598. The first-order chi connectivity index (χ1) is 9.13. The zero-order chi connectivity index (χ0) is 13.8. The average molecular weight is 344 g/mol. The Balaban J connectivity index is 2.22. The molecule has 2 heterocycles. The highest BCUT2D eigenvalue weighted by Crippen LogP contribution is 2.25. The molecule has 0 bridgehead atoms. The van der Waals surface area contributed by atoms with Gasteiger partial charge in [0.2, 0.25) is 0 Å². The third-order valence-electron chi connectivity index (χ3n) is 2.64. The molecule has 0 saturated carbocycles. The molecule has 5 nitrogen and oxygen atoms in total. The zero-order valence-corrected chi connectivity index (χ0v) is 12.7. The van der Waals surface area contributed by atoms with Crippen LogP contribution in [0.5, 0.6) is 0 Å². The Morgan fingerprint density at radius 3 is 3.05 bits per heavy atom. The smallest absolute Gasteiger partial charge is 0.283 e. The molecule has 2 rings (SSSR count). The summed E-state index contributed by atoms with van der Waals surface area (Å²) in [5.41, 5.74) is 0.400. The zero-order valence-electron chi connectivity index (χ0n) is 10.3. The van der Waals surface area contributed by atoms with Crippen molar-refractivity contribution in [1.29, 1.82) is 0 Å². The lowest BCUT2D eigenvalue weighted by Crippen LogP contribution is -2.26. The molecular formula is C12H14BrN3O2S. The van der Waals surface area contributed by atoms with Gasteiger partial charge in [-0.15, -0.1) is 11.3 Å². The molecule has 1 unspecified atom stereocenters. The standard InChI is InChI=1S/C12H14BrN3O2S/c1-8(10-3-2-6-19-10)15-9-7-14-16(4-5-17)12(18)11(9)13/h2-3,6-8,15,17H,4-5H2,1H3. The molecule has 0 amide bonds. The summed E-state index contributed by atoms with van der Waals surface area (Å²) in [5, 5.41) is 18.1. The predicted molar refractivity (Wildman–Crippen MR) is 79.6 cm³/mol. The van der Waals surface area contributed by atoms with Crippen LogP contribution >= 0.6 is 27.3 Å². The topological polar surface area (TPSA) is 67.2 Å². The number of aliphatic hydroxyl groups excluding tert-OH is 1. The Morgan fingerprint density at radius 2 is 2.42 bits per heavy atom. The van der Waals surface area contributed by atoms with Gasteiger partial charge in [0, 0.05) is 4.88 Å². The van der Waals surface area contributed by atoms with Gasteiger partial charge in [0.25, 0.3) is 5.56 Å². The summed E-state index contributed by atoms with van der Waals surface area (Å²) in [4.78, 5) is 13.1. The van der Waals surface area contributed by atoms with Crippen LogP contribution in [0, 0.1) is 0 Å². The number of rotatable bonds is 5. The van der Waals surface area contributed by atoms with Crippen LogP contribution in [0.3, 0.4) is 0 Å². The molecule has 19 heavy (non-hydrogen) atoms. The second kappa shape index (κ2) is 6.31. The second-order valence-corrected chi connectivity index (χ2v) is 5.78. The van der Waals surface area contributed by atoms with Crippen molar-refractivity contribution in [3.63, 3.8) is 0 Å². The van der Waals surface area contributed by atoms with E-state index < -0.39 is 0 Å². The molecular weight excluding hydrogens is 330 g/mol. The molecule has 0 spiro atoms. The maximum absolute atomic E-state index is 12.0. The molecule has 2 aromatic heterocycles. The lowest BCUT2D eigenvalue weighted by Gasteiger charge is -2.15. The number of nitrogens with one attached hydrogen (secondary N) is 1. The van der Waals surface area contributed by atoms with Crippen LogP contribution < -0.4 is 10.9 Å². The van der Waals surface area contributed by atoms with Crippen molar-refractivity contribution in [1.82, 2.24) is 9.78 Å². The largest absolute Gasteiger partial charge is 0.394 e. The van der Waals surface area contributed by atoms with Crippen LogP contribution in [-0.2, 0) is 6.54 Å². The van der Waals surface area contributed by atoms with Gasteiger partial charge in [-0.3, -0.25) is 4.79 Å². The Labute approximate surface area is 123 Å². The lowest BCUT2D eigenvalue weighted by molar-refractivity contribution is 0.266. The summed E-state index contributed by atoms with van der Waals surface area (Å²) < 4.78 is 1.66. The Morgan fingerprint density at radius 1 is 1.63 bits per heavy atom. The first kappa shape index (κ1) is 14.2. The van der Waals surface area contributed by atoms with Crippen molar-refractivity contribution < 1.29 is 5.11 Å². The van der Waals surface area contributed by atoms with E-state index in [1.807, 2.05) is 24.4 Å². The summed E-state index contributed by atoms with van der Waals surface area (Å²) in [6, 6.07) is 4.13. The van der Waals surface area contributed by atoms with Crippen molar-refractivity contribution in [3.05, 3.63) is 43.4 Å². The summed E-state index contributed by atoms with van der Waals surface area (Å²) in [6.07, 6.45) is 1.59. The molecule has 1 atom stereocenters. The van der Waals surface area contributed by atoms with Crippen LogP contribution in [0.25, 0.3) is 0 Å². The van der Waals surface area contributed by atoms with Crippen LogP contribution in [0.4, 0.5) is 5.69 Å². The number of aromatic nitrogens is 2. The van der Waals surface area contributed by atoms with Gasteiger partial charge < -0.3 is 10.4 Å². The van der Waals surface area contributed by atoms with Crippen LogP contribution in [-0.4, -0.2) is 21.5 Å². The van der Waals surface area contributed by atoms with Crippen molar-refractivity contribution in [3.8, 4) is 0 Å². The Kier molecular flexibility index (Phi) is 4.73. The fourth-order valence-electron chi connectivity index (χ4n) is 1.66. The van der Waals surface area contributed by atoms with Gasteiger partial charge in [-0.05, 0) is 34.3 Å². The van der Waals surface area contributed by atoms with E-state index in [4.69, 9.17) is 5.11 Å². The minimum atomic E-state index is -0.252. The van der Waals surface area contributed by atoms with Gasteiger partial charge in [-0.2, -0.15) is 5.10 Å². The number of aliphatic hydroxyl groups is 1. The molecule has 7 heteroatoms. The summed E-state index contributed by atoms with van der Waals surface area (Å²) in [5.74, 6) is 0. The molecule has 2 N–H and O–H groups in total. The van der Waals surface area contributed by atoms with Gasteiger partial charge in [0.1, 0.15) is 4.47 Å². The quantitative estimate of drug-likeness (QED) is 0.873. The number of thiophene rings is 1. The first-order valence-corrected chi connectivity index (χ1v) is 7.47. The van der Waals surface area contributed by atoms with E-state index in [9.17, 15) is 4.79 Å². The van der Waals surface area contributed by atoms with Crippen molar-refractivity contribution in [2.45, 2.75) is 19.5 Å². The molecule has 0 radical (unpaired) electrons. The fourth-order valence-corrected chi connectivity index (χ4v) is 2.82. The van der Waals surface area contributed by atoms with E-state index in [0.717, 1.165) is 0 Å². The third kappa shape index (κ3) is 3.23. The summed E-state index contributed by atoms with van der Waals surface area (Å²) in [6.45, 7) is 2.10. The highest BCUT2D eigenvalue weighted by molar-refractivity contribution is 9.10. The van der Waals surface area contributed by atoms with E-state index in [1.54, 1.807) is 17.5 Å². The highest BCUT2D eigenvalue weighted by atomic mass is 79.9. The number of hydrogen-bond acceptors (Lipinski definition) is 5. The molecule has 0 aromatic carbocycles. The Hall–Kier alpha value is -1.18. The molecule has 0 aliphatic carbocycles. The predicted octanol–water partition coefficient (Wildman–Crippen LogP) is 2.23. The SMILES string of the molecule is CC(Nc1cnn(CCO)c(=O)c1Br)c1cccs1. The maximum atomic E-state index is 12.0. The van der Waals surface area contributed by atoms with Crippen LogP contribution in [0.15, 0.2) is 33.0 Å². The monoisotopic (exact) mass is 343 g/mol. The van der Waals surface area contributed by atoms with E-state index in [1.165, 1.54) is 9.56 Å². The van der Waals surface area contributed by atoms with Crippen molar-refractivity contribution >= 4 is 33.0 Å². The second-order valence-electron chi connectivity index (χ2n) is 4.01. The molecule has 0 saturated heterocycles. The van der Waals surface area contributed by atoms with Crippen molar-refractivity contribution in [2.24, 2.45) is 0 Å². The summed E-state index contributed by atoms with van der Waals surface area (Å²) in [7, 11) is 0. The van der Waals surface area contributed by atoms with Crippen LogP contribution in [0.2, 0.25) is 0 Å². The van der Waals surface area contributed by atoms with E-state index in [2.05, 4.69) is 26.3 Å². The molecule has 2 aromatic rings. The number of halogens is 1. The van der Waals surface area contributed by atoms with Gasteiger partial charge in [-0.25, -0.2) is 4.68 Å². The molecule has 0 aliphatic heterocycles. The maximum Gasteiger partial charge on any atom is 0.283 e. The molecule has 102 valence electrons. The molecule has 0 aliphatic rings. The van der Waals surface area contributed by atoms with Gasteiger partial charge in [0.05, 0.1) is 31.1 Å². The fraction of sp³-hybridized carbons (Fsp3) is 0.333. The number of hydrogen-bond donors (Lipinski definition) is 2. The normalized spacial score (nSPS) is 12.4. The van der Waals surface area contributed by atoms with Gasteiger partial charge >= 0.3 is 0 Å². The lowest BCUT2D eigenvalue weighted by atomic mass is 10.2. The molecule has 0 fully saturated rings. The van der Waals surface area contributed by atoms with Gasteiger partial charge in [-0.1, -0.05) is 6.07 Å². The van der Waals surface area contributed by atoms with E-state index >= 15 is 0 Å². The average Bonchev–Trinajstić information content (AvgIpc) is 2.92.